The van der Waals surface area contributed by atoms with Crippen LogP contribution in [0.1, 0.15) is 24.6 Å². The minimum atomic E-state index is -2.54. The van der Waals surface area contributed by atoms with Gasteiger partial charge in [0.15, 0.2) is 0 Å². The molecule has 2 aromatic rings. The highest BCUT2D eigenvalue weighted by molar-refractivity contribution is 5.78. The minimum absolute atomic E-state index is 0.121. The molecule has 0 aliphatic carbocycles. The molecule has 0 bridgehead atoms. The van der Waals surface area contributed by atoms with Gasteiger partial charge >= 0.3 is 0 Å². The molecule has 1 aliphatic heterocycles. The maximum absolute atomic E-state index is 13.1. The second-order valence-electron chi connectivity index (χ2n) is 6.55. The Balaban J connectivity index is 1.56. The van der Waals surface area contributed by atoms with E-state index in [2.05, 4.69) is 15.3 Å². The Morgan fingerprint density at radius 1 is 1.19 bits per heavy atom. The van der Waals surface area contributed by atoms with Crippen LogP contribution in [0.25, 0.3) is 11.3 Å². The summed E-state index contributed by atoms with van der Waals surface area (Å²) in [6.45, 7) is 0.864. The predicted molar refractivity (Wildman–Crippen MR) is 94.9 cm³/mol. The van der Waals surface area contributed by atoms with Crippen molar-refractivity contribution in [2.45, 2.75) is 25.2 Å². The van der Waals surface area contributed by atoms with Gasteiger partial charge in [0.25, 0.3) is 6.43 Å². The topological polar surface area (TPSA) is 58.1 Å². The second-order valence-corrected chi connectivity index (χ2v) is 6.55. The lowest BCUT2D eigenvalue weighted by Crippen LogP contribution is -2.42. The first-order valence-electron chi connectivity index (χ1n) is 8.87. The molecule has 1 fully saturated rings. The van der Waals surface area contributed by atoms with E-state index in [9.17, 15) is 18.0 Å². The molecule has 1 amide bonds. The normalized spacial score (nSPS) is 15.9. The number of nitrogens with zero attached hydrogens (tertiary/aromatic N) is 3. The summed E-state index contributed by atoms with van der Waals surface area (Å²) in [6.07, 6.45) is 0.736. The summed E-state index contributed by atoms with van der Waals surface area (Å²) >= 11 is 0. The van der Waals surface area contributed by atoms with E-state index in [1.807, 2.05) is 4.90 Å². The van der Waals surface area contributed by atoms with Crippen LogP contribution in [0.2, 0.25) is 0 Å². The lowest BCUT2D eigenvalue weighted by Gasteiger charge is -2.30. The zero-order valence-corrected chi connectivity index (χ0v) is 14.7. The van der Waals surface area contributed by atoms with E-state index in [1.165, 1.54) is 12.1 Å². The summed E-state index contributed by atoms with van der Waals surface area (Å²) in [5.41, 5.74) is 1.57. The van der Waals surface area contributed by atoms with Crippen LogP contribution in [0.5, 0.6) is 0 Å². The molecule has 0 unspecified atom stereocenters. The molecule has 1 saturated heterocycles. The standard InChI is InChI=1S/C19H21F3N4O/c20-15-3-1-13(2-4-15)16-5-8-23-19(25-16)14-6-9-26(10-7-14)12-18(27)24-11-17(21)22/h1-5,8,14,17H,6-7,9-12H2,(H,24,27). The molecule has 1 aliphatic rings. The largest absolute Gasteiger partial charge is 0.349 e. The summed E-state index contributed by atoms with van der Waals surface area (Å²) in [7, 11) is 0. The maximum Gasteiger partial charge on any atom is 0.255 e. The summed E-state index contributed by atoms with van der Waals surface area (Å²) in [4.78, 5) is 22.6. The number of piperidine rings is 1. The highest BCUT2D eigenvalue weighted by atomic mass is 19.3. The third-order valence-electron chi connectivity index (χ3n) is 4.59. The van der Waals surface area contributed by atoms with E-state index in [4.69, 9.17) is 0 Å². The van der Waals surface area contributed by atoms with Crippen molar-refractivity contribution in [3.8, 4) is 11.3 Å². The molecule has 0 saturated carbocycles. The van der Waals surface area contributed by atoms with Crippen molar-refractivity contribution < 1.29 is 18.0 Å². The quantitative estimate of drug-likeness (QED) is 0.840. The van der Waals surface area contributed by atoms with Crippen molar-refractivity contribution >= 4 is 5.91 Å². The zero-order chi connectivity index (χ0) is 19.2. The fourth-order valence-corrected chi connectivity index (χ4v) is 3.15. The van der Waals surface area contributed by atoms with Gasteiger partial charge in [0, 0.05) is 17.7 Å². The van der Waals surface area contributed by atoms with Crippen LogP contribution in [0.15, 0.2) is 36.5 Å². The summed E-state index contributed by atoms with van der Waals surface area (Å²) in [5, 5.41) is 2.22. The number of aromatic nitrogens is 2. The van der Waals surface area contributed by atoms with Crippen molar-refractivity contribution in [3.63, 3.8) is 0 Å². The molecule has 1 aromatic carbocycles. The Labute approximate surface area is 155 Å². The smallest absolute Gasteiger partial charge is 0.255 e. The first-order valence-corrected chi connectivity index (χ1v) is 8.87. The predicted octanol–water partition coefficient (Wildman–Crippen LogP) is 2.84. The van der Waals surface area contributed by atoms with Gasteiger partial charge in [-0.2, -0.15) is 0 Å². The van der Waals surface area contributed by atoms with Gasteiger partial charge in [-0.25, -0.2) is 23.1 Å². The number of carbonyl (C=O) groups excluding carboxylic acids is 1. The van der Waals surface area contributed by atoms with Crippen molar-refractivity contribution in [1.82, 2.24) is 20.2 Å². The van der Waals surface area contributed by atoms with Gasteiger partial charge in [0.05, 0.1) is 18.8 Å². The Bertz CT molecular complexity index is 762. The molecule has 0 radical (unpaired) electrons. The number of hydrogen-bond acceptors (Lipinski definition) is 4. The van der Waals surface area contributed by atoms with E-state index < -0.39 is 13.0 Å². The molecular weight excluding hydrogens is 357 g/mol. The molecule has 1 N–H and O–H groups in total. The molecule has 0 atom stereocenters. The van der Waals surface area contributed by atoms with Gasteiger partial charge < -0.3 is 5.32 Å². The Morgan fingerprint density at radius 2 is 1.89 bits per heavy atom. The van der Waals surface area contributed by atoms with E-state index >= 15 is 0 Å². The average Bonchev–Trinajstić information content (AvgIpc) is 2.68. The molecule has 0 spiro atoms. The number of carbonyl (C=O) groups is 1. The molecule has 5 nitrogen and oxygen atoms in total. The number of hydrogen-bond donors (Lipinski definition) is 1. The third kappa shape index (κ3) is 5.50. The number of amides is 1. The highest BCUT2D eigenvalue weighted by Crippen LogP contribution is 2.27. The molecule has 144 valence electrons. The van der Waals surface area contributed by atoms with E-state index in [0.717, 1.165) is 29.9 Å². The first kappa shape index (κ1) is 19.3. The van der Waals surface area contributed by atoms with Crippen molar-refractivity contribution in [2.75, 3.05) is 26.2 Å². The Morgan fingerprint density at radius 3 is 2.56 bits per heavy atom. The number of nitrogens with one attached hydrogen (secondary N) is 1. The lowest BCUT2D eigenvalue weighted by molar-refractivity contribution is -0.123. The number of likely N-dealkylation sites (tertiary alicyclic amines) is 1. The van der Waals surface area contributed by atoms with E-state index in [1.54, 1.807) is 24.4 Å². The van der Waals surface area contributed by atoms with Gasteiger partial charge in [-0.05, 0) is 56.3 Å². The highest BCUT2D eigenvalue weighted by Gasteiger charge is 2.24. The van der Waals surface area contributed by atoms with Crippen molar-refractivity contribution in [2.24, 2.45) is 0 Å². The van der Waals surface area contributed by atoms with Crippen LogP contribution < -0.4 is 5.32 Å². The van der Waals surface area contributed by atoms with Gasteiger partial charge in [-0.15, -0.1) is 0 Å². The summed E-state index contributed by atoms with van der Waals surface area (Å²) in [6, 6.07) is 7.95. The van der Waals surface area contributed by atoms with Crippen molar-refractivity contribution in [3.05, 3.63) is 48.2 Å². The number of alkyl halides is 2. The fourth-order valence-electron chi connectivity index (χ4n) is 3.15. The molecule has 8 heteroatoms. The lowest BCUT2D eigenvalue weighted by atomic mass is 9.95. The fraction of sp³-hybridized carbons (Fsp3) is 0.421. The number of halogens is 3. The molecule has 27 heavy (non-hydrogen) atoms. The average molecular weight is 378 g/mol. The molecule has 1 aromatic heterocycles. The number of rotatable bonds is 6. The first-order chi connectivity index (χ1) is 13.0. The van der Waals surface area contributed by atoms with Crippen LogP contribution in [0.3, 0.4) is 0 Å². The van der Waals surface area contributed by atoms with Gasteiger partial charge in [0.1, 0.15) is 11.6 Å². The molecular formula is C19H21F3N4O. The van der Waals surface area contributed by atoms with Crippen LogP contribution in [0.4, 0.5) is 13.2 Å². The molecule has 3 rings (SSSR count). The van der Waals surface area contributed by atoms with Crippen LogP contribution in [-0.4, -0.2) is 53.4 Å². The third-order valence-corrected chi connectivity index (χ3v) is 4.59. The zero-order valence-electron chi connectivity index (χ0n) is 14.7. The Hall–Kier alpha value is -2.48. The van der Waals surface area contributed by atoms with Gasteiger partial charge in [-0.3, -0.25) is 9.69 Å². The number of benzene rings is 1. The SMILES string of the molecule is O=C(CN1CCC(c2nccc(-c3ccc(F)cc3)n2)CC1)NCC(F)F. The van der Waals surface area contributed by atoms with Crippen LogP contribution in [0, 0.1) is 5.82 Å². The minimum Gasteiger partial charge on any atom is -0.349 e. The maximum atomic E-state index is 13.1. The van der Waals surface area contributed by atoms with Crippen LogP contribution >= 0.6 is 0 Å². The van der Waals surface area contributed by atoms with E-state index in [-0.39, 0.29) is 24.2 Å². The van der Waals surface area contributed by atoms with Crippen LogP contribution in [-0.2, 0) is 4.79 Å². The summed E-state index contributed by atoms with van der Waals surface area (Å²) < 4.78 is 37.3. The van der Waals surface area contributed by atoms with Crippen molar-refractivity contribution in [1.29, 1.82) is 0 Å². The van der Waals surface area contributed by atoms with Gasteiger partial charge in [0.2, 0.25) is 5.91 Å². The van der Waals surface area contributed by atoms with E-state index in [0.29, 0.717) is 13.1 Å². The summed E-state index contributed by atoms with van der Waals surface area (Å²) in [5.74, 6) is 0.227. The van der Waals surface area contributed by atoms with Gasteiger partial charge in [-0.1, -0.05) is 0 Å². The second kappa shape index (κ2) is 8.94. The molecule has 2 heterocycles. The monoisotopic (exact) mass is 378 g/mol. The Kier molecular flexibility index (Phi) is 6.39.